The first kappa shape index (κ1) is 24.8. The third-order valence-electron chi connectivity index (χ3n) is 6.91. The number of ether oxygens (including phenoxy) is 3. The highest BCUT2D eigenvalue weighted by molar-refractivity contribution is 7.89. The fraction of sp³-hybridized carbons (Fsp3) is 0.565. The number of Topliss-reactive ketones (excluding diaryl/α,β-unsaturated/α-hetero) is 1. The number of rotatable bonds is 6. The number of hydrogen-bond donors (Lipinski definition) is 1. The summed E-state index contributed by atoms with van der Waals surface area (Å²) in [4.78, 5) is 26.9. The van der Waals surface area contributed by atoms with Gasteiger partial charge in [-0.25, -0.2) is 12.7 Å². The van der Waals surface area contributed by atoms with Gasteiger partial charge in [-0.3, -0.25) is 9.59 Å². The quantitative estimate of drug-likeness (QED) is 0.579. The summed E-state index contributed by atoms with van der Waals surface area (Å²) >= 11 is 6.41. The fourth-order valence-electron chi connectivity index (χ4n) is 4.95. The molecule has 186 valence electrons. The topological polar surface area (TPSA) is 111 Å². The minimum atomic E-state index is -3.20. The number of carbonyl (C=O) groups excluding carboxylic acids is 2. The predicted octanol–water partition coefficient (Wildman–Crippen LogP) is 2.57. The molecular weight excluding hydrogens is 484 g/mol. The summed E-state index contributed by atoms with van der Waals surface area (Å²) in [5.74, 6) is -0.710. The van der Waals surface area contributed by atoms with E-state index in [2.05, 4.69) is 5.32 Å². The van der Waals surface area contributed by atoms with E-state index in [1.807, 2.05) is 0 Å². The Morgan fingerprint density at radius 2 is 1.85 bits per heavy atom. The first-order valence-electron chi connectivity index (χ1n) is 11.3. The van der Waals surface area contributed by atoms with E-state index in [0.29, 0.717) is 38.0 Å². The summed E-state index contributed by atoms with van der Waals surface area (Å²) in [6.45, 7) is 4.31. The molecule has 0 aromatic heterocycles. The number of carbonyl (C=O) groups is 2. The maximum absolute atomic E-state index is 13.5. The molecule has 1 aromatic rings. The molecule has 2 unspecified atom stereocenters. The van der Waals surface area contributed by atoms with Gasteiger partial charge in [-0.05, 0) is 26.2 Å². The summed E-state index contributed by atoms with van der Waals surface area (Å²) in [5, 5.41) is 3.50. The van der Waals surface area contributed by atoms with Crippen LogP contribution in [0.2, 0.25) is 5.02 Å². The molecule has 0 amide bonds. The van der Waals surface area contributed by atoms with Crippen LogP contribution in [0.4, 0.5) is 0 Å². The molecule has 1 saturated heterocycles. The summed E-state index contributed by atoms with van der Waals surface area (Å²) in [6, 6.07) is 1.55. The molecule has 0 radical (unpaired) electrons. The number of halogens is 1. The minimum Gasteiger partial charge on any atom is -0.496 e. The Morgan fingerprint density at radius 3 is 2.41 bits per heavy atom. The Hall–Kier alpha value is -2.30. The van der Waals surface area contributed by atoms with Crippen molar-refractivity contribution in [2.75, 3.05) is 33.1 Å². The molecule has 9 nitrogen and oxygen atoms in total. The number of ketones is 2. The van der Waals surface area contributed by atoms with Crippen molar-refractivity contribution < 1.29 is 32.2 Å². The SMILES string of the molecule is CCS(=O)(=O)N1CCC(NC2=CC(=O)C3(Oc4c(Cl)c(OC)cc(OC)c4C3=O)C(C)C2)CC1. The van der Waals surface area contributed by atoms with E-state index < -0.39 is 33.1 Å². The molecule has 34 heavy (non-hydrogen) atoms. The number of fused-ring (bicyclic) bond motifs is 1. The summed E-state index contributed by atoms with van der Waals surface area (Å²) in [7, 11) is -0.340. The Labute approximate surface area is 204 Å². The van der Waals surface area contributed by atoms with E-state index in [0.717, 1.165) is 0 Å². The molecule has 1 aliphatic carbocycles. The van der Waals surface area contributed by atoms with Crippen molar-refractivity contribution in [3.05, 3.63) is 28.4 Å². The van der Waals surface area contributed by atoms with Gasteiger partial charge in [0.05, 0.1) is 20.0 Å². The van der Waals surface area contributed by atoms with Gasteiger partial charge in [0.25, 0.3) is 0 Å². The Morgan fingerprint density at radius 1 is 1.21 bits per heavy atom. The highest BCUT2D eigenvalue weighted by Gasteiger charge is 2.60. The van der Waals surface area contributed by atoms with Crippen LogP contribution in [0.1, 0.15) is 43.5 Å². The van der Waals surface area contributed by atoms with Gasteiger partial charge in [-0.15, -0.1) is 0 Å². The van der Waals surface area contributed by atoms with Crippen LogP contribution < -0.4 is 19.5 Å². The second kappa shape index (κ2) is 9.05. The minimum absolute atomic E-state index is 0.0415. The number of benzene rings is 1. The van der Waals surface area contributed by atoms with Crippen LogP contribution >= 0.6 is 11.6 Å². The molecule has 1 spiro atoms. The number of sulfonamides is 1. The molecule has 1 fully saturated rings. The van der Waals surface area contributed by atoms with E-state index in [-0.39, 0.29) is 39.6 Å². The summed E-state index contributed by atoms with van der Waals surface area (Å²) < 4.78 is 42.4. The second-order valence-corrected chi connectivity index (χ2v) is 11.5. The number of allylic oxidation sites excluding steroid dienone is 1. The lowest BCUT2D eigenvalue weighted by Gasteiger charge is -2.37. The Balaban J connectivity index is 1.55. The molecular formula is C23H29ClN2O7S. The van der Waals surface area contributed by atoms with Gasteiger partial charge in [0.2, 0.25) is 27.2 Å². The molecule has 1 N–H and O–H groups in total. The summed E-state index contributed by atoms with van der Waals surface area (Å²) in [6.07, 6.45) is 3.11. The van der Waals surface area contributed by atoms with Crippen molar-refractivity contribution in [1.29, 1.82) is 0 Å². The maximum Gasteiger partial charge on any atom is 0.236 e. The molecule has 1 aromatic carbocycles. The predicted molar refractivity (Wildman–Crippen MR) is 126 cm³/mol. The van der Waals surface area contributed by atoms with Crippen LogP contribution in [0.25, 0.3) is 0 Å². The maximum atomic E-state index is 13.5. The number of nitrogens with one attached hydrogen (secondary N) is 1. The van der Waals surface area contributed by atoms with Gasteiger partial charge in [0.1, 0.15) is 22.1 Å². The standard InChI is InChI=1S/C23H29ClN2O7S/c1-5-34(29,30)26-8-6-14(7-9-26)25-15-10-13(2)23(18(27)11-15)22(28)19-16(31-3)12-17(32-4)20(24)21(19)33-23/h11-14,25H,5-10H2,1-4H3. The molecule has 2 atom stereocenters. The Kier molecular flexibility index (Phi) is 6.61. The van der Waals surface area contributed by atoms with Crippen molar-refractivity contribution in [1.82, 2.24) is 9.62 Å². The number of hydrogen-bond acceptors (Lipinski definition) is 8. The van der Waals surface area contributed by atoms with E-state index in [9.17, 15) is 18.0 Å². The largest absolute Gasteiger partial charge is 0.496 e. The molecule has 11 heteroatoms. The lowest BCUT2D eigenvalue weighted by molar-refractivity contribution is -0.129. The fourth-order valence-corrected chi connectivity index (χ4v) is 6.35. The smallest absolute Gasteiger partial charge is 0.236 e. The van der Waals surface area contributed by atoms with E-state index in [4.69, 9.17) is 25.8 Å². The van der Waals surface area contributed by atoms with Crippen molar-refractivity contribution in [3.63, 3.8) is 0 Å². The zero-order valence-electron chi connectivity index (χ0n) is 19.6. The van der Waals surface area contributed by atoms with Crippen LogP contribution in [0, 0.1) is 5.92 Å². The zero-order chi connectivity index (χ0) is 24.8. The van der Waals surface area contributed by atoms with Crippen LogP contribution in [0.15, 0.2) is 17.8 Å². The third kappa shape index (κ3) is 3.85. The lowest BCUT2D eigenvalue weighted by atomic mass is 9.74. The molecule has 4 rings (SSSR count). The van der Waals surface area contributed by atoms with E-state index in [1.165, 1.54) is 30.7 Å². The average molecular weight is 513 g/mol. The second-order valence-electron chi connectivity index (χ2n) is 8.82. The first-order valence-corrected chi connectivity index (χ1v) is 13.2. The van der Waals surface area contributed by atoms with Gasteiger partial charge in [-0.1, -0.05) is 18.5 Å². The van der Waals surface area contributed by atoms with Gasteiger partial charge < -0.3 is 19.5 Å². The highest BCUT2D eigenvalue weighted by atomic mass is 35.5. The molecule has 0 saturated carbocycles. The van der Waals surface area contributed by atoms with Crippen LogP contribution in [-0.4, -0.2) is 69.0 Å². The summed E-state index contributed by atoms with van der Waals surface area (Å²) in [5.41, 5.74) is -0.860. The zero-order valence-corrected chi connectivity index (χ0v) is 21.2. The van der Waals surface area contributed by atoms with Gasteiger partial charge >= 0.3 is 0 Å². The molecule has 2 heterocycles. The first-order chi connectivity index (χ1) is 16.1. The van der Waals surface area contributed by atoms with Crippen LogP contribution in [-0.2, 0) is 14.8 Å². The van der Waals surface area contributed by atoms with Gasteiger partial charge in [0, 0.05) is 42.9 Å². The van der Waals surface area contributed by atoms with Crippen molar-refractivity contribution in [3.8, 4) is 17.2 Å². The number of nitrogens with zero attached hydrogens (tertiary/aromatic N) is 1. The average Bonchev–Trinajstić information content (AvgIpc) is 3.13. The van der Waals surface area contributed by atoms with Crippen molar-refractivity contribution >= 4 is 33.2 Å². The lowest BCUT2D eigenvalue weighted by Crippen LogP contribution is -2.56. The monoisotopic (exact) mass is 512 g/mol. The van der Waals surface area contributed by atoms with E-state index in [1.54, 1.807) is 13.8 Å². The molecule has 3 aliphatic rings. The normalized spacial score (nSPS) is 25.7. The van der Waals surface area contributed by atoms with Crippen LogP contribution in [0.5, 0.6) is 17.2 Å². The molecule has 2 aliphatic heterocycles. The van der Waals surface area contributed by atoms with Crippen molar-refractivity contribution in [2.24, 2.45) is 5.92 Å². The third-order valence-corrected chi connectivity index (χ3v) is 9.15. The number of piperidine rings is 1. The van der Waals surface area contributed by atoms with Crippen LogP contribution in [0.3, 0.4) is 0 Å². The molecule has 0 bridgehead atoms. The van der Waals surface area contributed by atoms with Gasteiger partial charge in [0.15, 0.2) is 5.75 Å². The highest BCUT2D eigenvalue weighted by Crippen LogP contribution is 2.52. The van der Waals surface area contributed by atoms with Gasteiger partial charge in [-0.2, -0.15) is 0 Å². The van der Waals surface area contributed by atoms with Crippen molar-refractivity contribution in [2.45, 2.75) is 44.8 Å². The number of methoxy groups -OCH3 is 2. The van der Waals surface area contributed by atoms with E-state index >= 15 is 0 Å². The Bertz CT molecular complexity index is 1160.